The van der Waals surface area contributed by atoms with Crippen molar-refractivity contribution in [1.29, 1.82) is 0 Å². The van der Waals surface area contributed by atoms with Gasteiger partial charge in [0.25, 0.3) is 0 Å². The summed E-state index contributed by atoms with van der Waals surface area (Å²) in [5, 5.41) is 0. The van der Waals surface area contributed by atoms with Gasteiger partial charge in [0.1, 0.15) is 13.2 Å². The molecule has 0 aliphatic heterocycles. The minimum Gasteiger partial charge on any atom is -0.462 e. The lowest BCUT2D eigenvalue weighted by atomic mass is 10.0. The molecule has 0 radical (unpaired) electrons. The molecule has 0 N–H and O–H groups in total. The molecule has 0 saturated heterocycles. The van der Waals surface area contributed by atoms with Gasteiger partial charge in [-0.25, -0.2) is 0 Å². The van der Waals surface area contributed by atoms with E-state index in [1.807, 2.05) is 0 Å². The predicted molar refractivity (Wildman–Crippen MR) is 339 cm³/mol. The van der Waals surface area contributed by atoms with Crippen LogP contribution in [0.5, 0.6) is 0 Å². The van der Waals surface area contributed by atoms with E-state index in [4.69, 9.17) is 14.2 Å². The van der Waals surface area contributed by atoms with E-state index in [-0.39, 0.29) is 31.1 Å². The van der Waals surface area contributed by atoms with Gasteiger partial charge in [-0.05, 0) is 64.2 Å². The topological polar surface area (TPSA) is 78.9 Å². The Kier molecular flexibility index (Phi) is 64.2. The van der Waals surface area contributed by atoms with Crippen LogP contribution < -0.4 is 0 Å². The van der Waals surface area contributed by atoms with Gasteiger partial charge in [-0.15, -0.1) is 0 Å². The molecular weight excluding hydrogens is 961 g/mol. The Balaban J connectivity index is 4.34. The summed E-state index contributed by atoms with van der Waals surface area (Å²) >= 11 is 0. The highest BCUT2D eigenvalue weighted by atomic mass is 16.6. The monoisotopic (exact) mass is 1090 g/mol. The first kappa shape index (κ1) is 75.1. The Labute approximate surface area is 485 Å². The summed E-state index contributed by atoms with van der Waals surface area (Å²) in [7, 11) is 0. The Morgan fingerprint density at radius 2 is 0.500 bits per heavy atom. The summed E-state index contributed by atoms with van der Waals surface area (Å²) in [6, 6.07) is 0. The molecule has 0 aliphatic rings. The second-order valence-corrected chi connectivity index (χ2v) is 23.1. The molecule has 6 heteroatoms. The molecule has 0 rings (SSSR count). The third-order valence-corrected chi connectivity index (χ3v) is 15.3. The van der Waals surface area contributed by atoms with E-state index in [2.05, 4.69) is 81.5 Å². The summed E-state index contributed by atoms with van der Waals surface area (Å²) in [6.45, 7) is 6.58. The van der Waals surface area contributed by atoms with Crippen LogP contribution in [0.15, 0.2) is 60.8 Å². The van der Waals surface area contributed by atoms with Crippen molar-refractivity contribution in [2.75, 3.05) is 13.2 Å². The van der Waals surface area contributed by atoms with Crippen molar-refractivity contribution < 1.29 is 28.6 Å². The van der Waals surface area contributed by atoms with Crippen molar-refractivity contribution in [3.63, 3.8) is 0 Å². The molecule has 0 saturated carbocycles. The number of ether oxygens (including phenoxy) is 3. The quantitative estimate of drug-likeness (QED) is 0.0261. The number of carbonyl (C=O) groups excluding carboxylic acids is 3. The highest BCUT2D eigenvalue weighted by Crippen LogP contribution is 2.18. The molecule has 454 valence electrons. The number of carbonyl (C=O) groups is 3. The Hall–Kier alpha value is -2.89. The fourth-order valence-corrected chi connectivity index (χ4v) is 10.2. The number of rotatable bonds is 63. The van der Waals surface area contributed by atoms with Crippen LogP contribution in [-0.4, -0.2) is 37.2 Å². The van der Waals surface area contributed by atoms with Gasteiger partial charge in [-0.1, -0.05) is 338 Å². The smallest absolute Gasteiger partial charge is 0.306 e. The predicted octanol–water partition coefficient (Wildman–Crippen LogP) is 23.5. The maximum atomic E-state index is 12.9. The van der Waals surface area contributed by atoms with Crippen molar-refractivity contribution in [1.82, 2.24) is 0 Å². The summed E-state index contributed by atoms with van der Waals surface area (Å²) in [4.78, 5) is 38.4. The molecule has 0 spiro atoms. The van der Waals surface area contributed by atoms with E-state index < -0.39 is 6.10 Å². The summed E-state index contributed by atoms with van der Waals surface area (Å²) in [6.07, 6.45) is 85.2. The Morgan fingerprint density at radius 1 is 0.269 bits per heavy atom. The van der Waals surface area contributed by atoms with E-state index in [1.54, 1.807) is 0 Å². The molecule has 0 aliphatic carbocycles. The highest BCUT2D eigenvalue weighted by molar-refractivity contribution is 5.71. The molecule has 1 unspecified atom stereocenters. The van der Waals surface area contributed by atoms with Gasteiger partial charge < -0.3 is 14.2 Å². The second-order valence-electron chi connectivity index (χ2n) is 23.1. The molecule has 0 amide bonds. The van der Waals surface area contributed by atoms with Gasteiger partial charge in [0.2, 0.25) is 0 Å². The van der Waals surface area contributed by atoms with E-state index in [9.17, 15) is 14.4 Å². The SMILES string of the molecule is CC/C=C\C/C=C\C/C=C\C/C=C\C/C=C\CCCCCCCC(=O)OC(COC(=O)CCCCCCCCCCCCCCCCCC)COC(=O)CCCCCCCCCCCCCCCCCCCCCCCCC. The van der Waals surface area contributed by atoms with Gasteiger partial charge in [-0.2, -0.15) is 0 Å². The van der Waals surface area contributed by atoms with Crippen LogP contribution in [0.1, 0.15) is 361 Å². The molecule has 1 atom stereocenters. The normalized spacial score (nSPS) is 12.4. The van der Waals surface area contributed by atoms with Gasteiger partial charge in [-0.3, -0.25) is 14.4 Å². The van der Waals surface area contributed by atoms with Crippen molar-refractivity contribution >= 4 is 17.9 Å². The van der Waals surface area contributed by atoms with Gasteiger partial charge >= 0.3 is 17.9 Å². The molecule has 0 aromatic rings. The number of allylic oxidation sites excluding steroid dienone is 10. The minimum atomic E-state index is -0.783. The van der Waals surface area contributed by atoms with Crippen LogP contribution >= 0.6 is 0 Å². The first-order chi connectivity index (χ1) is 38.5. The molecular formula is C72H130O6. The highest BCUT2D eigenvalue weighted by Gasteiger charge is 2.19. The van der Waals surface area contributed by atoms with Crippen molar-refractivity contribution in [3.05, 3.63) is 60.8 Å². The number of hydrogen-bond donors (Lipinski definition) is 0. The van der Waals surface area contributed by atoms with E-state index in [1.165, 1.54) is 212 Å². The summed E-state index contributed by atoms with van der Waals surface area (Å²) < 4.78 is 17.0. The van der Waals surface area contributed by atoms with Crippen LogP contribution in [0.2, 0.25) is 0 Å². The van der Waals surface area contributed by atoms with E-state index in [0.29, 0.717) is 19.3 Å². The largest absolute Gasteiger partial charge is 0.462 e. The lowest BCUT2D eigenvalue weighted by molar-refractivity contribution is -0.167. The van der Waals surface area contributed by atoms with Gasteiger partial charge in [0, 0.05) is 19.3 Å². The summed E-state index contributed by atoms with van der Waals surface area (Å²) in [5.74, 6) is -0.871. The zero-order valence-electron chi connectivity index (χ0n) is 52.2. The molecule has 0 bridgehead atoms. The molecule has 0 aromatic heterocycles. The van der Waals surface area contributed by atoms with Crippen molar-refractivity contribution in [2.24, 2.45) is 0 Å². The maximum Gasteiger partial charge on any atom is 0.306 e. The van der Waals surface area contributed by atoms with Crippen molar-refractivity contribution in [3.8, 4) is 0 Å². The minimum absolute atomic E-state index is 0.0773. The summed E-state index contributed by atoms with van der Waals surface area (Å²) in [5.41, 5.74) is 0. The zero-order valence-corrected chi connectivity index (χ0v) is 52.2. The molecule has 0 heterocycles. The average molecular weight is 1090 g/mol. The van der Waals surface area contributed by atoms with Crippen LogP contribution in [-0.2, 0) is 28.6 Å². The lowest BCUT2D eigenvalue weighted by Crippen LogP contribution is -2.30. The first-order valence-electron chi connectivity index (χ1n) is 34.3. The third-order valence-electron chi connectivity index (χ3n) is 15.3. The van der Waals surface area contributed by atoms with Gasteiger partial charge in [0.05, 0.1) is 0 Å². The number of hydrogen-bond acceptors (Lipinski definition) is 6. The zero-order chi connectivity index (χ0) is 56.4. The van der Waals surface area contributed by atoms with Crippen LogP contribution in [0, 0.1) is 0 Å². The van der Waals surface area contributed by atoms with E-state index in [0.717, 1.165) is 109 Å². The molecule has 6 nitrogen and oxygen atoms in total. The average Bonchev–Trinajstić information content (AvgIpc) is 3.44. The fourth-order valence-electron chi connectivity index (χ4n) is 10.2. The maximum absolute atomic E-state index is 12.9. The molecule has 0 aromatic carbocycles. The van der Waals surface area contributed by atoms with Crippen LogP contribution in [0.25, 0.3) is 0 Å². The fraction of sp³-hybridized carbons (Fsp3) is 0.819. The van der Waals surface area contributed by atoms with Crippen molar-refractivity contribution in [2.45, 2.75) is 367 Å². The van der Waals surface area contributed by atoms with Crippen LogP contribution in [0.3, 0.4) is 0 Å². The second kappa shape index (κ2) is 66.6. The van der Waals surface area contributed by atoms with Gasteiger partial charge in [0.15, 0.2) is 6.10 Å². The Morgan fingerprint density at radius 3 is 0.782 bits per heavy atom. The number of esters is 3. The molecule has 0 fully saturated rings. The molecule has 78 heavy (non-hydrogen) atoms. The third kappa shape index (κ3) is 63.9. The number of unbranched alkanes of at least 4 members (excludes halogenated alkanes) is 42. The van der Waals surface area contributed by atoms with E-state index >= 15 is 0 Å². The lowest BCUT2D eigenvalue weighted by Gasteiger charge is -2.18. The Bertz CT molecular complexity index is 1390. The first-order valence-corrected chi connectivity index (χ1v) is 34.3. The van der Waals surface area contributed by atoms with Crippen LogP contribution in [0.4, 0.5) is 0 Å². The standard InChI is InChI=1S/C72H130O6/c1-4-7-10-13-16-19-22-25-28-31-33-35-36-38-39-41-44-47-50-53-56-59-62-65-71(74)77-68-69(67-76-70(73)64-61-58-55-52-49-46-43-30-27-24-21-18-15-12-9-6-3)78-72(75)66-63-60-57-54-51-48-45-42-40-37-34-32-29-26-23-20-17-14-11-8-5-2/h8,11,17,20,26,29,34,37,42,45,69H,4-7,9-10,12-16,18-19,21-25,27-28,30-33,35-36,38-41,43-44,46-68H2,1-3H3/b11-8-,20-17-,29-26-,37-34-,45-42-.